The van der Waals surface area contributed by atoms with Crippen molar-refractivity contribution in [3.05, 3.63) is 0 Å². The first-order valence-corrected chi connectivity index (χ1v) is 4.89. The molecule has 0 aliphatic heterocycles. The Hall–Kier alpha value is -0.0400. The molecule has 0 spiro atoms. The van der Waals surface area contributed by atoms with Crippen molar-refractivity contribution in [3.63, 3.8) is 0 Å². The quantitative estimate of drug-likeness (QED) is 0.652. The summed E-state index contributed by atoms with van der Waals surface area (Å²) in [5, 5.41) is 0. The molecule has 0 aliphatic rings. The summed E-state index contributed by atoms with van der Waals surface area (Å²) < 4.78 is 0. The van der Waals surface area contributed by atoms with Crippen LogP contribution in [-0.4, -0.2) is 6.04 Å². The van der Waals surface area contributed by atoms with Gasteiger partial charge in [0.15, 0.2) is 0 Å². The summed E-state index contributed by atoms with van der Waals surface area (Å²) in [6.45, 7) is 8.98. The highest BCUT2D eigenvalue weighted by Crippen LogP contribution is 2.20. The van der Waals surface area contributed by atoms with Crippen LogP contribution in [0.2, 0.25) is 0 Å². The molecule has 0 aromatic rings. The molecule has 11 heavy (non-hydrogen) atoms. The summed E-state index contributed by atoms with van der Waals surface area (Å²) in [6, 6.07) is 0.400. The molecule has 0 heterocycles. The second-order valence-corrected chi connectivity index (χ2v) is 3.70. The monoisotopic (exact) mass is 157 g/mol. The predicted molar refractivity (Wildman–Crippen MR) is 51.5 cm³/mol. The lowest BCUT2D eigenvalue weighted by Crippen LogP contribution is -2.31. The maximum absolute atomic E-state index is 5.95. The topological polar surface area (TPSA) is 26.0 Å². The van der Waals surface area contributed by atoms with Gasteiger partial charge >= 0.3 is 0 Å². The van der Waals surface area contributed by atoms with E-state index in [2.05, 4.69) is 27.7 Å². The zero-order valence-electron chi connectivity index (χ0n) is 8.43. The van der Waals surface area contributed by atoms with E-state index in [-0.39, 0.29) is 0 Å². The van der Waals surface area contributed by atoms with Gasteiger partial charge in [0.25, 0.3) is 0 Å². The summed E-state index contributed by atoms with van der Waals surface area (Å²) in [5.74, 6) is 1.47. The molecule has 0 amide bonds. The fraction of sp³-hybridized carbons (Fsp3) is 1.00. The largest absolute Gasteiger partial charge is 0.327 e. The summed E-state index contributed by atoms with van der Waals surface area (Å²) >= 11 is 0. The minimum absolute atomic E-state index is 0.400. The highest BCUT2D eigenvalue weighted by Gasteiger charge is 2.16. The molecule has 0 radical (unpaired) electrons. The molecular formula is C10H23N. The fourth-order valence-electron chi connectivity index (χ4n) is 1.51. The van der Waals surface area contributed by atoms with Gasteiger partial charge in [0, 0.05) is 6.04 Å². The van der Waals surface area contributed by atoms with Gasteiger partial charge in [-0.1, -0.05) is 40.5 Å². The van der Waals surface area contributed by atoms with E-state index in [0.29, 0.717) is 12.0 Å². The van der Waals surface area contributed by atoms with E-state index in [4.69, 9.17) is 5.73 Å². The average molecular weight is 157 g/mol. The van der Waals surface area contributed by atoms with Crippen LogP contribution in [0.1, 0.15) is 47.0 Å². The first kappa shape index (κ1) is 11.0. The minimum atomic E-state index is 0.400. The maximum Gasteiger partial charge on any atom is 0.00644 e. The number of hydrogen-bond acceptors (Lipinski definition) is 1. The molecule has 1 unspecified atom stereocenters. The molecule has 1 heteroatoms. The van der Waals surface area contributed by atoms with Crippen LogP contribution in [0.25, 0.3) is 0 Å². The van der Waals surface area contributed by atoms with Gasteiger partial charge in [-0.3, -0.25) is 0 Å². The van der Waals surface area contributed by atoms with Crippen molar-refractivity contribution in [2.24, 2.45) is 17.6 Å². The smallest absolute Gasteiger partial charge is 0.00644 e. The minimum Gasteiger partial charge on any atom is -0.327 e. The normalized spacial score (nSPS) is 19.4. The predicted octanol–water partition coefficient (Wildman–Crippen LogP) is 2.80. The number of hydrogen-bond donors (Lipinski definition) is 1. The van der Waals surface area contributed by atoms with Gasteiger partial charge in [0.05, 0.1) is 0 Å². The molecule has 0 aliphatic carbocycles. The molecule has 68 valence electrons. The Morgan fingerprint density at radius 2 is 1.73 bits per heavy atom. The fourth-order valence-corrected chi connectivity index (χ4v) is 1.51. The van der Waals surface area contributed by atoms with Crippen LogP contribution < -0.4 is 5.73 Å². The lowest BCUT2D eigenvalue weighted by atomic mass is 9.85. The van der Waals surface area contributed by atoms with Crippen molar-refractivity contribution in [1.29, 1.82) is 0 Å². The molecule has 0 rings (SSSR count). The second-order valence-electron chi connectivity index (χ2n) is 3.70. The lowest BCUT2D eigenvalue weighted by molar-refractivity contribution is 0.301. The van der Waals surface area contributed by atoms with Gasteiger partial charge in [-0.15, -0.1) is 0 Å². The Bertz CT molecular complexity index is 90.9. The van der Waals surface area contributed by atoms with Crippen molar-refractivity contribution in [1.82, 2.24) is 0 Å². The van der Waals surface area contributed by atoms with Crippen molar-refractivity contribution >= 4 is 0 Å². The van der Waals surface area contributed by atoms with Crippen molar-refractivity contribution < 1.29 is 0 Å². The third-order valence-corrected chi connectivity index (χ3v) is 2.79. The van der Waals surface area contributed by atoms with Crippen LogP contribution in [0.5, 0.6) is 0 Å². The second kappa shape index (κ2) is 5.59. The maximum atomic E-state index is 5.95. The van der Waals surface area contributed by atoms with Gasteiger partial charge in [-0.25, -0.2) is 0 Å². The lowest BCUT2D eigenvalue weighted by Gasteiger charge is -2.24. The molecular weight excluding hydrogens is 134 g/mol. The van der Waals surface area contributed by atoms with E-state index in [1.165, 1.54) is 12.8 Å². The molecule has 0 bridgehead atoms. The zero-order valence-corrected chi connectivity index (χ0v) is 8.43. The third-order valence-electron chi connectivity index (χ3n) is 2.79. The van der Waals surface area contributed by atoms with E-state index >= 15 is 0 Å². The molecule has 2 N–H and O–H groups in total. The van der Waals surface area contributed by atoms with Crippen LogP contribution in [0.3, 0.4) is 0 Å². The van der Waals surface area contributed by atoms with Crippen LogP contribution in [0.4, 0.5) is 0 Å². The van der Waals surface area contributed by atoms with Gasteiger partial charge in [-0.2, -0.15) is 0 Å². The van der Waals surface area contributed by atoms with Crippen LogP contribution in [-0.2, 0) is 0 Å². The van der Waals surface area contributed by atoms with E-state index in [1.54, 1.807) is 0 Å². The average Bonchev–Trinajstić information content (AvgIpc) is 2.02. The van der Waals surface area contributed by atoms with Crippen LogP contribution >= 0.6 is 0 Å². The number of rotatable bonds is 5. The van der Waals surface area contributed by atoms with Crippen LogP contribution in [0, 0.1) is 11.8 Å². The van der Waals surface area contributed by atoms with E-state index < -0.39 is 0 Å². The zero-order chi connectivity index (χ0) is 8.85. The highest BCUT2D eigenvalue weighted by atomic mass is 14.6. The van der Waals surface area contributed by atoms with Gasteiger partial charge in [-0.05, 0) is 18.3 Å². The first-order chi connectivity index (χ1) is 5.13. The Morgan fingerprint density at radius 3 is 2.09 bits per heavy atom. The molecule has 0 aromatic carbocycles. The third kappa shape index (κ3) is 3.76. The summed E-state index contributed by atoms with van der Waals surface area (Å²) in [4.78, 5) is 0. The van der Waals surface area contributed by atoms with Gasteiger partial charge in [0.1, 0.15) is 0 Å². The first-order valence-electron chi connectivity index (χ1n) is 4.89. The molecule has 3 atom stereocenters. The van der Waals surface area contributed by atoms with Gasteiger partial charge in [0.2, 0.25) is 0 Å². The van der Waals surface area contributed by atoms with E-state index in [9.17, 15) is 0 Å². The molecule has 0 fully saturated rings. The van der Waals surface area contributed by atoms with Crippen LogP contribution in [0.15, 0.2) is 0 Å². The molecule has 0 aromatic heterocycles. The number of nitrogens with two attached hydrogens (primary N) is 1. The Kier molecular flexibility index (Phi) is 5.57. The highest BCUT2D eigenvalue weighted by molar-refractivity contribution is 4.72. The SMILES string of the molecule is CCCC(C)[C@@H](C)[C@@H](N)CC. The van der Waals surface area contributed by atoms with Crippen molar-refractivity contribution in [3.8, 4) is 0 Å². The Morgan fingerprint density at radius 1 is 1.18 bits per heavy atom. The van der Waals surface area contributed by atoms with E-state index in [1.807, 2.05) is 0 Å². The Balaban J connectivity index is 3.70. The van der Waals surface area contributed by atoms with Crippen molar-refractivity contribution in [2.75, 3.05) is 0 Å². The van der Waals surface area contributed by atoms with Crippen molar-refractivity contribution in [2.45, 2.75) is 53.0 Å². The molecule has 1 nitrogen and oxygen atoms in total. The standard InChI is InChI=1S/C10H23N/c1-5-7-8(3)9(4)10(11)6-2/h8-10H,5-7,11H2,1-4H3/t8?,9-,10+/m1/s1. The van der Waals surface area contributed by atoms with E-state index in [0.717, 1.165) is 12.3 Å². The summed E-state index contributed by atoms with van der Waals surface area (Å²) in [5.41, 5.74) is 5.95. The molecule has 0 saturated heterocycles. The molecule has 0 saturated carbocycles. The summed E-state index contributed by atoms with van der Waals surface area (Å²) in [6.07, 6.45) is 3.70. The van der Waals surface area contributed by atoms with Gasteiger partial charge < -0.3 is 5.73 Å². The Labute approximate surface area is 71.4 Å². The summed E-state index contributed by atoms with van der Waals surface area (Å²) in [7, 11) is 0.